The summed E-state index contributed by atoms with van der Waals surface area (Å²) in [7, 11) is -3.22. The molecule has 2 heterocycles. The largest absolute Gasteiger partial charge is 0.454 e. The summed E-state index contributed by atoms with van der Waals surface area (Å²) in [5, 5.41) is 2.94. The minimum Gasteiger partial charge on any atom is -0.454 e. The van der Waals surface area contributed by atoms with Gasteiger partial charge in [0, 0.05) is 12.1 Å². The number of fused-ring (bicyclic) bond motifs is 1. The molecule has 142 valence electrons. The van der Waals surface area contributed by atoms with Gasteiger partial charge in [0.05, 0.1) is 17.5 Å². The van der Waals surface area contributed by atoms with Crippen molar-refractivity contribution >= 4 is 21.6 Å². The van der Waals surface area contributed by atoms with Crippen molar-refractivity contribution in [3.63, 3.8) is 0 Å². The molecular weight excluding hydrogens is 368 g/mol. The third kappa shape index (κ3) is 3.44. The lowest BCUT2D eigenvalue weighted by molar-refractivity contribution is 0.0940. The first-order chi connectivity index (χ1) is 12.9. The second-order valence-electron chi connectivity index (χ2n) is 6.60. The Morgan fingerprint density at radius 1 is 1.11 bits per heavy atom. The number of carbonyl (C=O) groups is 1. The number of ether oxygens (including phenoxy) is 2. The molecule has 1 unspecified atom stereocenters. The lowest BCUT2D eigenvalue weighted by atomic mass is 10.1. The van der Waals surface area contributed by atoms with Crippen LogP contribution in [-0.2, 0) is 10.0 Å². The predicted molar refractivity (Wildman–Crippen MR) is 101 cm³/mol. The van der Waals surface area contributed by atoms with Crippen molar-refractivity contribution < 1.29 is 22.7 Å². The van der Waals surface area contributed by atoms with Crippen LogP contribution in [0.25, 0.3) is 0 Å². The van der Waals surface area contributed by atoms with Crippen LogP contribution in [0.15, 0.2) is 42.5 Å². The topological polar surface area (TPSA) is 84.9 Å². The van der Waals surface area contributed by atoms with Crippen LogP contribution in [-0.4, -0.2) is 33.4 Å². The molecule has 1 fully saturated rings. The van der Waals surface area contributed by atoms with Gasteiger partial charge >= 0.3 is 0 Å². The van der Waals surface area contributed by atoms with Gasteiger partial charge in [-0.05, 0) is 55.3 Å². The highest BCUT2D eigenvalue weighted by Gasteiger charge is 2.28. The highest BCUT2D eigenvalue weighted by atomic mass is 32.2. The highest BCUT2D eigenvalue weighted by molar-refractivity contribution is 7.93. The van der Waals surface area contributed by atoms with E-state index in [-0.39, 0.29) is 24.5 Å². The molecule has 8 heteroatoms. The average Bonchev–Trinajstić information content (AvgIpc) is 3.26. The molecule has 0 spiro atoms. The molecule has 4 rings (SSSR count). The predicted octanol–water partition coefficient (Wildman–Crippen LogP) is 2.45. The molecule has 1 amide bonds. The molecule has 1 N–H and O–H groups in total. The average molecular weight is 388 g/mol. The Morgan fingerprint density at radius 2 is 1.85 bits per heavy atom. The van der Waals surface area contributed by atoms with Crippen LogP contribution in [0.4, 0.5) is 5.69 Å². The lowest BCUT2D eigenvalue weighted by Gasteiger charge is -2.18. The number of benzene rings is 2. The van der Waals surface area contributed by atoms with Crippen molar-refractivity contribution in [2.24, 2.45) is 0 Å². The van der Waals surface area contributed by atoms with Gasteiger partial charge in [0.2, 0.25) is 16.8 Å². The molecule has 1 atom stereocenters. The van der Waals surface area contributed by atoms with E-state index < -0.39 is 10.0 Å². The zero-order chi connectivity index (χ0) is 19.0. The van der Waals surface area contributed by atoms with E-state index in [1.54, 1.807) is 24.3 Å². The number of nitrogens with zero attached hydrogens (tertiary/aromatic N) is 1. The van der Waals surface area contributed by atoms with Crippen LogP contribution in [0.1, 0.15) is 35.3 Å². The molecule has 0 aliphatic carbocycles. The summed E-state index contributed by atoms with van der Waals surface area (Å²) in [4.78, 5) is 12.5. The smallest absolute Gasteiger partial charge is 0.251 e. The Morgan fingerprint density at radius 3 is 2.56 bits per heavy atom. The second-order valence-corrected chi connectivity index (χ2v) is 8.61. The molecule has 0 radical (unpaired) electrons. The molecule has 27 heavy (non-hydrogen) atoms. The molecule has 2 aliphatic rings. The van der Waals surface area contributed by atoms with Crippen molar-refractivity contribution in [3.05, 3.63) is 53.6 Å². The fraction of sp³-hybridized carbons (Fsp3) is 0.316. The molecule has 7 nitrogen and oxygen atoms in total. The molecule has 2 aliphatic heterocycles. The first kappa shape index (κ1) is 17.7. The van der Waals surface area contributed by atoms with Crippen LogP contribution >= 0.6 is 0 Å². The Bertz CT molecular complexity index is 972. The maximum Gasteiger partial charge on any atom is 0.251 e. The molecule has 0 bridgehead atoms. The van der Waals surface area contributed by atoms with Gasteiger partial charge in [0.1, 0.15) is 0 Å². The normalized spacial score (nSPS) is 18.3. The number of nitrogens with one attached hydrogen (secondary N) is 1. The zero-order valence-electron chi connectivity index (χ0n) is 14.8. The van der Waals surface area contributed by atoms with E-state index in [1.807, 2.05) is 25.1 Å². The summed E-state index contributed by atoms with van der Waals surface area (Å²) in [5.41, 5.74) is 1.98. The van der Waals surface area contributed by atoms with Crippen LogP contribution < -0.4 is 19.1 Å². The number of sulfonamides is 1. The van der Waals surface area contributed by atoms with Crippen LogP contribution in [0, 0.1) is 0 Å². The number of rotatable bonds is 4. The van der Waals surface area contributed by atoms with Crippen LogP contribution in [0.3, 0.4) is 0 Å². The number of anilines is 1. The van der Waals surface area contributed by atoms with Crippen molar-refractivity contribution in [1.29, 1.82) is 0 Å². The maximum atomic E-state index is 12.5. The Balaban J connectivity index is 1.45. The van der Waals surface area contributed by atoms with Gasteiger partial charge < -0.3 is 14.8 Å². The molecule has 1 saturated heterocycles. The molecule has 0 saturated carbocycles. The van der Waals surface area contributed by atoms with Gasteiger partial charge in [-0.15, -0.1) is 0 Å². The Kier molecular flexibility index (Phi) is 4.43. The van der Waals surface area contributed by atoms with Gasteiger partial charge in [-0.2, -0.15) is 0 Å². The minimum atomic E-state index is -3.22. The van der Waals surface area contributed by atoms with Gasteiger partial charge in [-0.25, -0.2) is 8.42 Å². The highest BCUT2D eigenvalue weighted by Crippen LogP contribution is 2.34. The summed E-state index contributed by atoms with van der Waals surface area (Å²) in [6.07, 6.45) is 0.623. The van der Waals surface area contributed by atoms with Gasteiger partial charge in [0.15, 0.2) is 11.5 Å². The lowest BCUT2D eigenvalue weighted by Crippen LogP contribution is -2.27. The summed E-state index contributed by atoms with van der Waals surface area (Å²) >= 11 is 0. The number of carbonyl (C=O) groups excluding carboxylic acids is 1. The molecule has 0 aromatic heterocycles. The number of hydrogen-bond acceptors (Lipinski definition) is 5. The summed E-state index contributed by atoms with van der Waals surface area (Å²) in [6, 6.07) is 12.0. The fourth-order valence-electron chi connectivity index (χ4n) is 3.25. The van der Waals surface area contributed by atoms with E-state index in [1.165, 1.54) is 4.31 Å². The molecule has 2 aromatic carbocycles. The van der Waals surface area contributed by atoms with E-state index in [4.69, 9.17) is 9.47 Å². The van der Waals surface area contributed by atoms with Crippen LogP contribution in [0.2, 0.25) is 0 Å². The van der Waals surface area contributed by atoms with Crippen molar-refractivity contribution in [3.8, 4) is 11.5 Å². The quantitative estimate of drug-likeness (QED) is 0.870. The minimum absolute atomic E-state index is 0.169. The number of hydrogen-bond donors (Lipinski definition) is 1. The second kappa shape index (κ2) is 6.77. The summed E-state index contributed by atoms with van der Waals surface area (Å²) < 4.78 is 36.0. The van der Waals surface area contributed by atoms with Crippen LogP contribution in [0.5, 0.6) is 11.5 Å². The third-order valence-electron chi connectivity index (χ3n) is 4.76. The van der Waals surface area contributed by atoms with E-state index in [2.05, 4.69) is 5.32 Å². The van der Waals surface area contributed by atoms with Gasteiger partial charge in [0.25, 0.3) is 5.91 Å². The van der Waals surface area contributed by atoms with E-state index in [0.717, 1.165) is 5.56 Å². The zero-order valence-corrected chi connectivity index (χ0v) is 15.7. The SMILES string of the molecule is CC(NC(=O)c1ccc(N2CCCS2(=O)=O)cc1)c1ccc2c(c1)OCO2. The molecule has 2 aromatic rings. The first-order valence-corrected chi connectivity index (χ1v) is 10.4. The van der Waals surface area contributed by atoms with Crippen molar-refractivity contribution in [2.75, 3.05) is 23.4 Å². The summed E-state index contributed by atoms with van der Waals surface area (Å²) in [6.45, 7) is 2.58. The van der Waals surface area contributed by atoms with Crippen molar-refractivity contribution in [2.45, 2.75) is 19.4 Å². The number of amides is 1. The molecular formula is C19H20N2O5S. The monoisotopic (exact) mass is 388 g/mol. The van der Waals surface area contributed by atoms with E-state index in [9.17, 15) is 13.2 Å². The maximum absolute atomic E-state index is 12.5. The Hall–Kier alpha value is -2.74. The van der Waals surface area contributed by atoms with Gasteiger partial charge in [-0.1, -0.05) is 6.07 Å². The third-order valence-corrected chi connectivity index (χ3v) is 6.63. The van der Waals surface area contributed by atoms with E-state index in [0.29, 0.717) is 35.7 Å². The standard InChI is InChI=1S/C19H20N2O5S/c1-13(15-5-8-17-18(11-15)26-12-25-17)20-19(22)14-3-6-16(7-4-14)21-9-2-10-27(21,23)24/h3-8,11,13H,2,9-10,12H2,1H3,(H,20,22). The first-order valence-electron chi connectivity index (χ1n) is 8.75. The van der Waals surface area contributed by atoms with Crippen molar-refractivity contribution in [1.82, 2.24) is 5.32 Å². The van der Waals surface area contributed by atoms with E-state index >= 15 is 0 Å². The van der Waals surface area contributed by atoms with Gasteiger partial charge in [-0.3, -0.25) is 9.10 Å². The fourth-order valence-corrected chi connectivity index (χ4v) is 4.82. The Labute approximate surface area is 157 Å². The summed E-state index contributed by atoms with van der Waals surface area (Å²) in [5.74, 6) is 1.31.